The Hall–Kier alpha value is -3.10. The molecule has 2 N–H and O–H groups in total. The zero-order valence-corrected chi connectivity index (χ0v) is 19.4. The number of hydrogen-bond acceptors (Lipinski definition) is 6. The van der Waals surface area contributed by atoms with Crippen LogP contribution in [-0.4, -0.2) is 40.8 Å². The molecular formula is C25H23N3O3S2. The van der Waals surface area contributed by atoms with E-state index in [9.17, 15) is 14.7 Å². The van der Waals surface area contributed by atoms with Crippen molar-refractivity contribution < 1.29 is 14.7 Å². The van der Waals surface area contributed by atoms with E-state index in [-0.39, 0.29) is 17.4 Å². The summed E-state index contributed by atoms with van der Waals surface area (Å²) < 4.78 is 0. The minimum absolute atomic E-state index is 0.0859. The summed E-state index contributed by atoms with van der Waals surface area (Å²) in [5.41, 5.74) is 2.90. The third-order valence-electron chi connectivity index (χ3n) is 5.66. The number of nitrogens with one attached hydrogen (secondary N) is 1. The van der Waals surface area contributed by atoms with Gasteiger partial charge in [0, 0.05) is 28.4 Å². The van der Waals surface area contributed by atoms with Gasteiger partial charge in [-0.25, -0.2) is 9.69 Å². The minimum atomic E-state index is -0.517. The van der Waals surface area contributed by atoms with Crippen LogP contribution in [-0.2, 0) is 4.79 Å². The van der Waals surface area contributed by atoms with Crippen molar-refractivity contribution in [1.82, 2.24) is 10.2 Å². The number of para-hydroxylation sites is 3. The third-order valence-corrected chi connectivity index (χ3v) is 7.98. The molecule has 3 amide bonds. The van der Waals surface area contributed by atoms with Crippen LogP contribution in [0.15, 0.2) is 82.6 Å². The molecule has 0 aromatic heterocycles. The molecule has 1 unspecified atom stereocenters. The van der Waals surface area contributed by atoms with Gasteiger partial charge in [-0.1, -0.05) is 54.2 Å². The Labute approximate surface area is 201 Å². The summed E-state index contributed by atoms with van der Waals surface area (Å²) in [7, 11) is 0. The number of benzene rings is 3. The maximum Gasteiger partial charge on any atom is 0.325 e. The first-order valence-electron chi connectivity index (χ1n) is 10.8. The highest BCUT2D eigenvalue weighted by Gasteiger charge is 2.38. The van der Waals surface area contributed by atoms with Crippen LogP contribution < -0.4 is 10.2 Å². The van der Waals surface area contributed by atoms with E-state index in [2.05, 4.69) is 34.5 Å². The van der Waals surface area contributed by atoms with Crippen LogP contribution in [0.1, 0.15) is 17.4 Å². The second-order valence-electron chi connectivity index (χ2n) is 7.76. The summed E-state index contributed by atoms with van der Waals surface area (Å²) in [6.07, 6.45) is 0.718. The van der Waals surface area contributed by atoms with E-state index in [1.807, 2.05) is 24.3 Å². The molecule has 1 atom stereocenters. The molecule has 2 heterocycles. The van der Waals surface area contributed by atoms with Crippen LogP contribution in [0.5, 0.6) is 5.75 Å². The van der Waals surface area contributed by atoms with Crippen LogP contribution in [0, 0.1) is 0 Å². The number of nitrogens with zero attached hydrogens (tertiary/aromatic N) is 2. The molecular weight excluding hydrogens is 454 g/mol. The second kappa shape index (κ2) is 9.41. The fourth-order valence-corrected chi connectivity index (χ4v) is 6.39. The number of thioether (sulfide) groups is 1. The van der Waals surface area contributed by atoms with Crippen LogP contribution in [0.3, 0.4) is 0 Å². The number of anilines is 2. The van der Waals surface area contributed by atoms with Crippen molar-refractivity contribution >= 4 is 46.8 Å². The highest BCUT2D eigenvalue weighted by atomic mass is 32.2. The average Bonchev–Trinajstić information content (AvgIpc) is 3.22. The zero-order valence-electron chi connectivity index (χ0n) is 17.8. The molecule has 2 aliphatic heterocycles. The lowest BCUT2D eigenvalue weighted by atomic mass is 10.2. The number of carbonyl (C=O) groups excluding carboxylic acids is 2. The van der Waals surface area contributed by atoms with Gasteiger partial charge < -0.3 is 15.3 Å². The number of carbonyl (C=O) groups is 2. The number of rotatable bonds is 5. The highest BCUT2D eigenvalue weighted by molar-refractivity contribution is 8.00. The number of phenols is 1. The van der Waals surface area contributed by atoms with E-state index in [1.54, 1.807) is 36.0 Å². The number of amides is 3. The van der Waals surface area contributed by atoms with Crippen LogP contribution in [0.25, 0.3) is 0 Å². The fraction of sp³-hybridized carbons (Fsp3) is 0.200. The van der Waals surface area contributed by atoms with Gasteiger partial charge in [0.15, 0.2) is 0 Å². The monoisotopic (exact) mass is 477 g/mol. The van der Waals surface area contributed by atoms with E-state index in [1.165, 1.54) is 37.8 Å². The van der Waals surface area contributed by atoms with Gasteiger partial charge in [-0.2, -0.15) is 0 Å². The molecule has 33 heavy (non-hydrogen) atoms. The van der Waals surface area contributed by atoms with Crippen molar-refractivity contribution in [3.8, 4) is 5.75 Å². The summed E-state index contributed by atoms with van der Waals surface area (Å²) in [5, 5.41) is 12.6. The van der Waals surface area contributed by atoms with Gasteiger partial charge in [-0.05, 0) is 36.8 Å². The van der Waals surface area contributed by atoms with E-state index in [0.717, 1.165) is 13.0 Å². The molecule has 0 radical (unpaired) electrons. The van der Waals surface area contributed by atoms with Crippen molar-refractivity contribution in [2.45, 2.75) is 21.6 Å². The van der Waals surface area contributed by atoms with Gasteiger partial charge in [0.2, 0.25) is 5.91 Å². The highest BCUT2D eigenvalue weighted by Crippen LogP contribution is 2.47. The Kier molecular flexibility index (Phi) is 6.20. The van der Waals surface area contributed by atoms with Gasteiger partial charge >= 0.3 is 6.03 Å². The number of urea groups is 1. The number of imide groups is 1. The van der Waals surface area contributed by atoms with E-state index >= 15 is 0 Å². The van der Waals surface area contributed by atoms with Crippen LogP contribution in [0.4, 0.5) is 16.2 Å². The van der Waals surface area contributed by atoms with Gasteiger partial charge in [0.25, 0.3) is 0 Å². The topological polar surface area (TPSA) is 72.9 Å². The summed E-state index contributed by atoms with van der Waals surface area (Å²) in [5.74, 6) is 0.0512. The fourth-order valence-electron chi connectivity index (χ4n) is 4.11. The van der Waals surface area contributed by atoms with Crippen molar-refractivity contribution in [3.63, 3.8) is 0 Å². The molecule has 3 aromatic rings. The van der Waals surface area contributed by atoms with E-state index in [0.29, 0.717) is 12.1 Å². The number of aromatic hydroxyl groups is 1. The SMILES string of the molecule is O=C1CSC(c2ccccc2O)N1C(=O)NCCCN1c2ccccc2Sc2ccccc21. The summed E-state index contributed by atoms with van der Waals surface area (Å²) in [6.45, 7) is 1.18. The number of hydrogen-bond donors (Lipinski definition) is 2. The Bertz CT molecular complexity index is 1160. The first kappa shape index (κ1) is 21.7. The second-order valence-corrected chi connectivity index (χ2v) is 9.91. The van der Waals surface area contributed by atoms with Crippen molar-refractivity contribution in [3.05, 3.63) is 78.4 Å². The van der Waals surface area contributed by atoms with Gasteiger partial charge in [0.05, 0.1) is 17.1 Å². The molecule has 0 spiro atoms. The summed E-state index contributed by atoms with van der Waals surface area (Å²) >= 11 is 3.11. The molecule has 8 heteroatoms. The van der Waals surface area contributed by atoms with Crippen molar-refractivity contribution in [2.75, 3.05) is 23.7 Å². The predicted octanol–water partition coefficient (Wildman–Crippen LogP) is 5.37. The molecule has 0 bridgehead atoms. The maximum atomic E-state index is 12.9. The molecule has 0 aliphatic carbocycles. The molecule has 3 aromatic carbocycles. The maximum absolute atomic E-state index is 12.9. The van der Waals surface area contributed by atoms with E-state index < -0.39 is 11.4 Å². The Morgan fingerprint density at radius 2 is 1.61 bits per heavy atom. The number of fused-ring (bicyclic) bond motifs is 2. The molecule has 1 fully saturated rings. The quantitative estimate of drug-likeness (QED) is 0.482. The van der Waals surface area contributed by atoms with Gasteiger partial charge in [0.1, 0.15) is 11.1 Å². The zero-order chi connectivity index (χ0) is 22.8. The Balaban J connectivity index is 1.24. The largest absolute Gasteiger partial charge is 0.508 e. The average molecular weight is 478 g/mol. The smallest absolute Gasteiger partial charge is 0.325 e. The minimum Gasteiger partial charge on any atom is -0.508 e. The molecule has 2 aliphatic rings. The summed E-state index contributed by atoms with van der Waals surface area (Å²) in [4.78, 5) is 31.2. The third kappa shape index (κ3) is 4.28. The molecule has 0 saturated carbocycles. The number of phenolic OH excluding ortho intramolecular Hbond substituents is 1. The van der Waals surface area contributed by atoms with Crippen LogP contribution in [0.2, 0.25) is 0 Å². The first-order valence-corrected chi connectivity index (χ1v) is 12.6. The van der Waals surface area contributed by atoms with Crippen molar-refractivity contribution in [1.29, 1.82) is 0 Å². The lowest BCUT2D eigenvalue weighted by Gasteiger charge is -2.32. The molecule has 168 valence electrons. The Morgan fingerprint density at radius 1 is 0.970 bits per heavy atom. The van der Waals surface area contributed by atoms with E-state index in [4.69, 9.17) is 0 Å². The predicted molar refractivity (Wildman–Crippen MR) is 132 cm³/mol. The van der Waals surface area contributed by atoms with Gasteiger partial charge in [-0.3, -0.25) is 4.79 Å². The van der Waals surface area contributed by atoms with Crippen molar-refractivity contribution in [2.24, 2.45) is 0 Å². The first-order chi connectivity index (χ1) is 16.1. The Morgan fingerprint density at radius 3 is 2.30 bits per heavy atom. The molecule has 5 rings (SSSR count). The normalized spacial score (nSPS) is 17.0. The van der Waals surface area contributed by atoms with Crippen LogP contribution >= 0.6 is 23.5 Å². The molecule has 1 saturated heterocycles. The standard InChI is InChI=1S/C25H23N3O3S2/c29-20-11-4-1-8-17(20)24-28(23(30)16-32-24)25(31)26-14-7-15-27-18-9-2-5-12-21(18)33-22-13-6-3-10-19(22)27/h1-6,8-13,24,29H,7,14-16H2,(H,26,31). The van der Waals surface area contributed by atoms with Gasteiger partial charge in [-0.15, -0.1) is 11.8 Å². The molecule has 6 nitrogen and oxygen atoms in total. The summed E-state index contributed by atoms with van der Waals surface area (Å²) in [6, 6.07) is 23.1. The lowest BCUT2D eigenvalue weighted by Crippen LogP contribution is -2.43. The lowest BCUT2D eigenvalue weighted by molar-refractivity contribution is -0.125.